The lowest BCUT2D eigenvalue weighted by Gasteiger charge is -2.08. The van der Waals surface area contributed by atoms with Crippen molar-refractivity contribution in [2.24, 2.45) is 0 Å². The van der Waals surface area contributed by atoms with Crippen molar-refractivity contribution >= 4 is 0 Å². The Kier molecular flexibility index (Phi) is 3.80. The van der Waals surface area contributed by atoms with E-state index in [-0.39, 0.29) is 5.56 Å². The summed E-state index contributed by atoms with van der Waals surface area (Å²) in [5.74, 6) is 0. The van der Waals surface area contributed by atoms with Crippen molar-refractivity contribution in [2.75, 3.05) is 0 Å². The highest BCUT2D eigenvalue weighted by Crippen LogP contribution is 2.13. The van der Waals surface area contributed by atoms with E-state index in [1.54, 1.807) is 22.9 Å². The molecule has 1 aromatic heterocycles. The molecule has 0 radical (unpaired) electrons. The molecule has 0 atom stereocenters. The second kappa shape index (κ2) is 6.06. The van der Waals surface area contributed by atoms with Gasteiger partial charge in [0.1, 0.15) is 0 Å². The van der Waals surface area contributed by atoms with E-state index < -0.39 is 0 Å². The largest absolute Gasteiger partial charge is 0.294 e. The predicted molar refractivity (Wildman–Crippen MR) is 84.2 cm³/mol. The fourth-order valence-electron chi connectivity index (χ4n) is 2.31. The van der Waals surface area contributed by atoms with Gasteiger partial charge in [0.05, 0.1) is 30.1 Å². The minimum atomic E-state index is -0.0939. The zero-order valence-corrected chi connectivity index (χ0v) is 11.8. The molecule has 22 heavy (non-hydrogen) atoms. The molecule has 2 aromatic carbocycles. The highest BCUT2D eigenvalue weighted by atomic mass is 16.1. The molecule has 4 heteroatoms. The van der Waals surface area contributed by atoms with E-state index in [1.165, 1.54) is 6.33 Å². The summed E-state index contributed by atoms with van der Waals surface area (Å²) in [5.41, 5.74) is 2.80. The molecule has 0 fully saturated rings. The molecule has 0 spiro atoms. The molecule has 1 heterocycles. The van der Waals surface area contributed by atoms with Crippen LogP contribution < -0.4 is 5.56 Å². The van der Waals surface area contributed by atoms with Crippen LogP contribution in [-0.4, -0.2) is 9.55 Å². The zero-order valence-electron chi connectivity index (χ0n) is 11.8. The molecule has 0 N–H and O–H groups in total. The first-order valence-electron chi connectivity index (χ1n) is 6.87. The third kappa shape index (κ3) is 2.79. The van der Waals surface area contributed by atoms with E-state index >= 15 is 0 Å². The number of nitrogens with zero attached hydrogens (tertiary/aromatic N) is 3. The second-order valence-electron chi connectivity index (χ2n) is 4.92. The number of hydrogen-bond donors (Lipinski definition) is 0. The smallest absolute Gasteiger partial charge is 0.261 e. The SMILES string of the molecule is N#Cc1cccc(Cn2cncc(-c3ccccc3)c2=O)c1. The number of aromatic nitrogens is 2. The highest BCUT2D eigenvalue weighted by molar-refractivity contribution is 5.60. The lowest BCUT2D eigenvalue weighted by atomic mass is 10.1. The molecule has 106 valence electrons. The van der Waals surface area contributed by atoms with Gasteiger partial charge in [0.2, 0.25) is 0 Å². The minimum absolute atomic E-state index is 0.0939. The molecule has 0 saturated heterocycles. The average Bonchev–Trinajstić information content (AvgIpc) is 2.58. The van der Waals surface area contributed by atoms with Gasteiger partial charge in [0.25, 0.3) is 5.56 Å². The Labute approximate surface area is 127 Å². The maximum absolute atomic E-state index is 12.6. The molecule has 0 aliphatic carbocycles. The Morgan fingerprint density at radius 3 is 2.68 bits per heavy atom. The van der Waals surface area contributed by atoms with Crippen LogP contribution in [0.3, 0.4) is 0 Å². The van der Waals surface area contributed by atoms with Gasteiger partial charge in [-0.3, -0.25) is 9.36 Å². The normalized spacial score (nSPS) is 10.1. The summed E-state index contributed by atoms with van der Waals surface area (Å²) in [6.07, 6.45) is 3.10. The van der Waals surface area contributed by atoms with Gasteiger partial charge in [0, 0.05) is 6.20 Å². The molecule has 0 saturated carbocycles. The predicted octanol–water partition coefficient (Wildman–Crippen LogP) is 2.83. The van der Waals surface area contributed by atoms with Crippen LogP contribution in [0.2, 0.25) is 0 Å². The summed E-state index contributed by atoms with van der Waals surface area (Å²) < 4.78 is 1.55. The Balaban J connectivity index is 1.99. The molecule has 0 aliphatic heterocycles. The molecule has 3 rings (SSSR count). The van der Waals surface area contributed by atoms with E-state index in [0.29, 0.717) is 17.7 Å². The summed E-state index contributed by atoms with van der Waals surface area (Å²) in [6.45, 7) is 0.391. The van der Waals surface area contributed by atoms with Crippen molar-refractivity contribution in [1.82, 2.24) is 9.55 Å². The van der Waals surface area contributed by atoms with Gasteiger partial charge < -0.3 is 0 Å². The van der Waals surface area contributed by atoms with Crippen LogP contribution in [0.5, 0.6) is 0 Å². The third-order valence-electron chi connectivity index (χ3n) is 3.39. The van der Waals surface area contributed by atoms with Crippen molar-refractivity contribution in [3.63, 3.8) is 0 Å². The van der Waals surface area contributed by atoms with Crippen molar-refractivity contribution in [1.29, 1.82) is 5.26 Å². The maximum atomic E-state index is 12.6. The van der Waals surface area contributed by atoms with Crippen molar-refractivity contribution in [3.05, 3.63) is 88.6 Å². The van der Waals surface area contributed by atoms with E-state index in [0.717, 1.165) is 11.1 Å². The first-order chi connectivity index (χ1) is 10.8. The highest BCUT2D eigenvalue weighted by Gasteiger charge is 2.07. The van der Waals surface area contributed by atoms with Crippen molar-refractivity contribution < 1.29 is 0 Å². The van der Waals surface area contributed by atoms with Crippen molar-refractivity contribution in [2.45, 2.75) is 6.54 Å². The lowest BCUT2D eigenvalue weighted by Crippen LogP contribution is -2.22. The van der Waals surface area contributed by atoms with Gasteiger partial charge >= 0.3 is 0 Å². The standard InChI is InChI=1S/C18H13N3O/c19-10-14-5-4-6-15(9-14)12-21-13-20-11-17(18(21)22)16-7-2-1-3-8-16/h1-9,11,13H,12H2. The summed E-state index contributed by atoms with van der Waals surface area (Å²) in [4.78, 5) is 16.7. The summed E-state index contributed by atoms with van der Waals surface area (Å²) in [7, 11) is 0. The Morgan fingerprint density at radius 1 is 1.09 bits per heavy atom. The number of hydrogen-bond acceptors (Lipinski definition) is 3. The zero-order chi connectivity index (χ0) is 15.4. The molecule has 0 aliphatic rings. The second-order valence-corrected chi connectivity index (χ2v) is 4.92. The lowest BCUT2D eigenvalue weighted by molar-refractivity contribution is 0.738. The van der Waals surface area contributed by atoms with Gasteiger partial charge in [-0.2, -0.15) is 5.26 Å². The Hall–Kier alpha value is -3.19. The fourth-order valence-corrected chi connectivity index (χ4v) is 2.31. The van der Waals surface area contributed by atoms with Gasteiger partial charge in [-0.15, -0.1) is 0 Å². The van der Waals surface area contributed by atoms with Crippen LogP contribution in [0, 0.1) is 11.3 Å². The van der Waals surface area contributed by atoms with Crippen LogP contribution >= 0.6 is 0 Å². The molecular formula is C18H13N3O. The first kappa shape index (κ1) is 13.8. The van der Waals surface area contributed by atoms with E-state index in [9.17, 15) is 4.79 Å². The third-order valence-corrected chi connectivity index (χ3v) is 3.39. The molecule has 3 aromatic rings. The Morgan fingerprint density at radius 2 is 1.91 bits per heavy atom. The van der Waals surface area contributed by atoms with Gasteiger partial charge in [-0.1, -0.05) is 42.5 Å². The maximum Gasteiger partial charge on any atom is 0.261 e. The van der Waals surface area contributed by atoms with E-state index in [4.69, 9.17) is 5.26 Å². The monoisotopic (exact) mass is 287 g/mol. The Bertz CT molecular complexity index is 892. The molecule has 4 nitrogen and oxygen atoms in total. The van der Waals surface area contributed by atoms with Crippen LogP contribution in [0.15, 0.2) is 71.9 Å². The first-order valence-corrected chi connectivity index (χ1v) is 6.87. The van der Waals surface area contributed by atoms with Crippen LogP contribution in [-0.2, 0) is 6.54 Å². The minimum Gasteiger partial charge on any atom is -0.294 e. The van der Waals surface area contributed by atoms with Gasteiger partial charge in [-0.25, -0.2) is 4.98 Å². The molecular weight excluding hydrogens is 274 g/mol. The summed E-state index contributed by atoms with van der Waals surface area (Å²) >= 11 is 0. The number of nitriles is 1. The van der Waals surface area contributed by atoms with E-state index in [1.807, 2.05) is 42.5 Å². The summed E-state index contributed by atoms with van der Waals surface area (Å²) in [5, 5.41) is 8.94. The van der Waals surface area contributed by atoms with Crippen LogP contribution in [0.1, 0.15) is 11.1 Å². The molecule has 0 bridgehead atoms. The molecule has 0 amide bonds. The van der Waals surface area contributed by atoms with Gasteiger partial charge in [-0.05, 0) is 23.3 Å². The van der Waals surface area contributed by atoms with Crippen LogP contribution in [0.25, 0.3) is 11.1 Å². The number of rotatable bonds is 3. The van der Waals surface area contributed by atoms with E-state index in [2.05, 4.69) is 11.1 Å². The van der Waals surface area contributed by atoms with Crippen molar-refractivity contribution in [3.8, 4) is 17.2 Å². The number of benzene rings is 2. The van der Waals surface area contributed by atoms with Crippen LogP contribution in [0.4, 0.5) is 0 Å². The fraction of sp³-hybridized carbons (Fsp3) is 0.0556. The topological polar surface area (TPSA) is 58.7 Å². The average molecular weight is 287 g/mol. The quantitative estimate of drug-likeness (QED) is 0.744. The molecule has 0 unspecified atom stereocenters. The summed E-state index contributed by atoms with van der Waals surface area (Å²) in [6, 6.07) is 18.8. The van der Waals surface area contributed by atoms with Gasteiger partial charge in [0.15, 0.2) is 0 Å².